The summed E-state index contributed by atoms with van der Waals surface area (Å²) in [5, 5.41) is 5.01. The quantitative estimate of drug-likeness (QED) is 0.644. The van der Waals surface area contributed by atoms with Crippen LogP contribution in [0.1, 0.15) is 30.1 Å². The van der Waals surface area contributed by atoms with E-state index < -0.39 is 0 Å². The van der Waals surface area contributed by atoms with Crippen LogP contribution in [0, 0.1) is 0 Å². The van der Waals surface area contributed by atoms with E-state index in [0.717, 1.165) is 28.8 Å². The number of fused-ring (bicyclic) bond motifs is 3. The molecule has 2 N–H and O–H groups in total. The number of halogens is 1. The second-order valence-corrected chi connectivity index (χ2v) is 6.94. The predicted molar refractivity (Wildman–Crippen MR) is 98.3 cm³/mol. The van der Waals surface area contributed by atoms with Gasteiger partial charge in [-0.05, 0) is 67.3 Å². The van der Waals surface area contributed by atoms with Crippen LogP contribution in [0.25, 0.3) is 10.9 Å². The molecule has 0 aliphatic heterocycles. The van der Waals surface area contributed by atoms with Gasteiger partial charge < -0.3 is 15.0 Å². The van der Waals surface area contributed by atoms with Gasteiger partial charge in [0.05, 0.1) is 13.2 Å². The number of benzene rings is 2. The van der Waals surface area contributed by atoms with Gasteiger partial charge in [0.1, 0.15) is 5.75 Å². The molecule has 1 unspecified atom stereocenters. The number of ether oxygens (including phenoxy) is 1. The van der Waals surface area contributed by atoms with E-state index >= 15 is 0 Å². The highest BCUT2D eigenvalue weighted by Gasteiger charge is 2.24. The van der Waals surface area contributed by atoms with E-state index in [1.807, 2.05) is 12.1 Å². The van der Waals surface area contributed by atoms with Crippen molar-refractivity contribution in [3.63, 3.8) is 0 Å². The van der Waals surface area contributed by atoms with E-state index in [4.69, 9.17) is 4.74 Å². The zero-order chi connectivity index (χ0) is 15.8. The molecule has 1 aliphatic rings. The van der Waals surface area contributed by atoms with Crippen molar-refractivity contribution in [1.82, 2.24) is 4.98 Å². The van der Waals surface area contributed by atoms with Crippen molar-refractivity contribution < 1.29 is 4.74 Å². The third-order valence-electron chi connectivity index (χ3n) is 4.60. The molecular weight excluding hydrogens is 352 g/mol. The minimum atomic E-state index is 0.332. The van der Waals surface area contributed by atoms with E-state index in [0.29, 0.717) is 6.04 Å². The maximum Gasteiger partial charge on any atom is 0.119 e. The molecule has 118 valence electrons. The number of nitrogens with one attached hydrogen (secondary N) is 2. The highest BCUT2D eigenvalue weighted by molar-refractivity contribution is 9.10. The van der Waals surface area contributed by atoms with Gasteiger partial charge in [-0.15, -0.1) is 0 Å². The Hall–Kier alpha value is -1.94. The Morgan fingerprint density at radius 2 is 2.00 bits per heavy atom. The van der Waals surface area contributed by atoms with Crippen LogP contribution in [0.15, 0.2) is 46.9 Å². The Balaban J connectivity index is 1.68. The molecule has 4 heteroatoms. The average Bonchev–Trinajstić information content (AvgIpc) is 2.95. The van der Waals surface area contributed by atoms with E-state index in [-0.39, 0.29) is 0 Å². The lowest BCUT2D eigenvalue weighted by atomic mass is 9.91. The number of hydrogen-bond acceptors (Lipinski definition) is 2. The molecule has 0 amide bonds. The lowest BCUT2D eigenvalue weighted by molar-refractivity contribution is 0.415. The highest BCUT2D eigenvalue weighted by atomic mass is 79.9. The fourth-order valence-electron chi connectivity index (χ4n) is 3.47. The average molecular weight is 371 g/mol. The summed E-state index contributed by atoms with van der Waals surface area (Å²) in [5.41, 5.74) is 5.14. The van der Waals surface area contributed by atoms with Crippen LogP contribution in [0.4, 0.5) is 5.69 Å². The van der Waals surface area contributed by atoms with Gasteiger partial charge >= 0.3 is 0 Å². The molecule has 1 aliphatic carbocycles. The summed E-state index contributed by atoms with van der Waals surface area (Å²) >= 11 is 3.59. The van der Waals surface area contributed by atoms with Crippen molar-refractivity contribution >= 4 is 32.5 Å². The minimum absolute atomic E-state index is 0.332. The third kappa shape index (κ3) is 2.72. The number of H-pyrrole nitrogens is 1. The van der Waals surface area contributed by atoms with Gasteiger partial charge in [0.25, 0.3) is 0 Å². The van der Waals surface area contributed by atoms with E-state index in [1.54, 1.807) is 7.11 Å². The Bertz CT molecular complexity index is 838. The van der Waals surface area contributed by atoms with Crippen molar-refractivity contribution in [1.29, 1.82) is 0 Å². The largest absolute Gasteiger partial charge is 0.497 e. The summed E-state index contributed by atoms with van der Waals surface area (Å²) in [4.78, 5) is 3.63. The first-order valence-electron chi connectivity index (χ1n) is 7.95. The number of rotatable bonds is 3. The van der Waals surface area contributed by atoms with Crippen LogP contribution >= 0.6 is 15.9 Å². The first-order valence-corrected chi connectivity index (χ1v) is 8.74. The zero-order valence-electron chi connectivity index (χ0n) is 13.0. The van der Waals surface area contributed by atoms with Crippen LogP contribution in [0.2, 0.25) is 0 Å². The summed E-state index contributed by atoms with van der Waals surface area (Å²) in [6.45, 7) is 0. The minimum Gasteiger partial charge on any atom is -0.497 e. The Labute approximate surface area is 144 Å². The smallest absolute Gasteiger partial charge is 0.119 e. The fourth-order valence-corrected chi connectivity index (χ4v) is 3.83. The van der Waals surface area contributed by atoms with Crippen molar-refractivity contribution in [2.75, 3.05) is 12.4 Å². The number of aromatic amines is 1. The van der Waals surface area contributed by atoms with Gasteiger partial charge in [0.15, 0.2) is 0 Å². The Kier molecular flexibility index (Phi) is 3.77. The summed E-state index contributed by atoms with van der Waals surface area (Å²) in [6.07, 6.45) is 3.50. The first kappa shape index (κ1) is 14.6. The number of hydrogen-bond donors (Lipinski definition) is 2. The number of aromatic nitrogens is 1. The molecular formula is C19H19BrN2O. The topological polar surface area (TPSA) is 37.0 Å². The van der Waals surface area contributed by atoms with Crippen LogP contribution in [-0.4, -0.2) is 12.1 Å². The highest BCUT2D eigenvalue weighted by Crippen LogP contribution is 2.37. The summed E-state index contributed by atoms with van der Waals surface area (Å²) in [7, 11) is 1.69. The van der Waals surface area contributed by atoms with E-state index in [1.165, 1.54) is 28.6 Å². The molecule has 0 radical (unpaired) electrons. The summed E-state index contributed by atoms with van der Waals surface area (Å²) in [6, 6.07) is 14.9. The van der Waals surface area contributed by atoms with Gasteiger partial charge in [-0.3, -0.25) is 0 Å². The van der Waals surface area contributed by atoms with Gasteiger partial charge in [0.2, 0.25) is 0 Å². The molecule has 1 aromatic heterocycles. The van der Waals surface area contributed by atoms with E-state index in [9.17, 15) is 0 Å². The molecule has 0 saturated carbocycles. The van der Waals surface area contributed by atoms with Gasteiger partial charge in [-0.2, -0.15) is 0 Å². The van der Waals surface area contributed by atoms with Crippen molar-refractivity contribution in [2.45, 2.75) is 25.3 Å². The van der Waals surface area contributed by atoms with Crippen molar-refractivity contribution in [3.05, 3.63) is 58.2 Å². The molecule has 0 spiro atoms. The van der Waals surface area contributed by atoms with Gasteiger partial charge in [-0.1, -0.05) is 15.9 Å². The fraction of sp³-hybridized carbons (Fsp3) is 0.263. The number of methoxy groups -OCH3 is 1. The second kappa shape index (κ2) is 5.93. The lowest BCUT2D eigenvalue weighted by Crippen LogP contribution is -2.17. The SMILES string of the molecule is COc1ccc(NC2CCCc3c2[nH]c2ccc(Br)cc32)cc1. The molecule has 4 rings (SSSR count). The monoisotopic (exact) mass is 370 g/mol. The second-order valence-electron chi connectivity index (χ2n) is 6.02. The lowest BCUT2D eigenvalue weighted by Gasteiger charge is -2.25. The van der Waals surface area contributed by atoms with Crippen LogP contribution < -0.4 is 10.1 Å². The molecule has 0 saturated heterocycles. The van der Waals surface area contributed by atoms with Gasteiger partial charge in [-0.25, -0.2) is 0 Å². The van der Waals surface area contributed by atoms with Crippen LogP contribution in [0.3, 0.4) is 0 Å². The number of aryl methyl sites for hydroxylation is 1. The molecule has 1 heterocycles. The molecule has 0 fully saturated rings. The van der Waals surface area contributed by atoms with Crippen LogP contribution in [-0.2, 0) is 6.42 Å². The summed E-state index contributed by atoms with van der Waals surface area (Å²) < 4.78 is 6.36. The zero-order valence-corrected chi connectivity index (χ0v) is 14.6. The standard InChI is InChI=1S/C19H19BrN2O/c1-23-14-8-6-13(7-9-14)21-18-4-2-3-15-16-11-12(20)5-10-17(16)22-19(15)18/h5-11,18,21-22H,2-4H2,1H3. The molecule has 3 nitrogen and oxygen atoms in total. The van der Waals surface area contributed by atoms with E-state index in [2.05, 4.69) is 56.6 Å². The van der Waals surface area contributed by atoms with Gasteiger partial charge in [0, 0.05) is 26.8 Å². The maximum atomic E-state index is 5.23. The number of anilines is 1. The summed E-state index contributed by atoms with van der Waals surface area (Å²) in [5.74, 6) is 0.885. The third-order valence-corrected chi connectivity index (χ3v) is 5.09. The maximum absolute atomic E-state index is 5.23. The molecule has 23 heavy (non-hydrogen) atoms. The normalized spacial score (nSPS) is 17.0. The van der Waals surface area contributed by atoms with Crippen LogP contribution in [0.5, 0.6) is 5.75 Å². The Morgan fingerprint density at radius 3 is 2.78 bits per heavy atom. The molecule has 1 atom stereocenters. The Morgan fingerprint density at radius 1 is 1.17 bits per heavy atom. The first-order chi connectivity index (χ1) is 11.2. The molecule has 2 aromatic carbocycles. The van der Waals surface area contributed by atoms with Crippen molar-refractivity contribution in [3.8, 4) is 5.75 Å². The van der Waals surface area contributed by atoms with Crippen molar-refractivity contribution in [2.24, 2.45) is 0 Å². The molecule has 3 aromatic rings. The predicted octanol–water partition coefficient (Wildman–Crippen LogP) is 5.43. The molecule has 0 bridgehead atoms.